The Bertz CT molecular complexity index is 2460. The van der Waals surface area contributed by atoms with Crippen LogP contribution < -0.4 is 20.4 Å². The first-order valence-electron chi connectivity index (χ1n) is 21.2. The van der Waals surface area contributed by atoms with E-state index in [4.69, 9.17) is 0 Å². The summed E-state index contributed by atoms with van der Waals surface area (Å²) in [6.45, 7) is 8.01. The summed E-state index contributed by atoms with van der Waals surface area (Å²) in [5.74, 6) is -1.52. The Balaban J connectivity index is 0.743. The Labute approximate surface area is 357 Å². The second-order valence-electron chi connectivity index (χ2n) is 16.5. The van der Waals surface area contributed by atoms with E-state index in [9.17, 15) is 19.2 Å². The van der Waals surface area contributed by atoms with Crippen LogP contribution in [0.4, 0.5) is 25.7 Å². The fraction of sp³-hybridized carbons (Fsp3) is 0.378. The molecule has 3 fully saturated rings. The topological polar surface area (TPSA) is 139 Å². The number of piperazine rings is 1. The van der Waals surface area contributed by atoms with Crippen molar-refractivity contribution in [1.29, 1.82) is 0 Å². The van der Waals surface area contributed by atoms with Crippen molar-refractivity contribution in [3.8, 4) is 11.1 Å². The van der Waals surface area contributed by atoms with Gasteiger partial charge in [0.05, 0.1) is 18.6 Å². The largest absolute Gasteiger partial charge is 0.371 e. The highest BCUT2D eigenvalue weighted by atomic mass is 32.1. The maximum Gasteiger partial charge on any atom is 0.328 e. The van der Waals surface area contributed by atoms with Crippen LogP contribution in [0.25, 0.3) is 11.1 Å². The lowest BCUT2D eigenvalue weighted by molar-refractivity contribution is -0.121. The smallest absolute Gasteiger partial charge is 0.328 e. The summed E-state index contributed by atoms with van der Waals surface area (Å²) in [5, 5.41) is 7.44. The number of anilines is 3. The summed E-state index contributed by atoms with van der Waals surface area (Å²) in [4.78, 5) is 71.1. The molecule has 14 nitrogen and oxygen atoms in total. The number of urea groups is 1. The number of hydrogen-bond donors (Lipinski definition) is 2. The van der Waals surface area contributed by atoms with Crippen LogP contribution in [-0.2, 0) is 35.6 Å². The number of benzene rings is 3. The number of piperidine rings is 1. The predicted octanol–water partition coefficient (Wildman–Crippen LogP) is 5.66. The number of nitrogens with zero attached hydrogens (tertiary/aromatic N) is 8. The minimum Gasteiger partial charge on any atom is -0.371 e. The molecule has 5 aliphatic rings. The van der Waals surface area contributed by atoms with Crippen molar-refractivity contribution >= 4 is 51.6 Å². The molecule has 0 spiro atoms. The third-order valence-corrected chi connectivity index (χ3v) is 13.6. The van der Waals surface area contributed by atoms with Crippen molar-refractivity contribution < 1.29 is 23.6 Å². The molecule has 10 rings (SSSR count). The van der Waals surface area contributed by atoms with Crippen LogP contribution in [0.1, 0.15) is 64.6 Å². The Morgan fingerprint density at radius 3 is 2.38 bits per heavy atom. The third-order valence-electron chi connectivity index (χ3n) is 12.9. The fourth-order valence-corrected chi connectivity index (χ4v) is 10.2. The molecular weight excluding hydrogens is 796 g/mol. The zero-order valence-electron chi connectivity index (χ0n) is 33.8. The summed E-state index contributed by atoms with van der Waals surface area (Å²) in [5.41, 5.74) is 6.57. The lowest BCUT2D eigenvalue weighted by Crippen LogP contribution is -2.53. The number of rotatable bonds is 10. The number of hydrogen-bond acceptors (Lipinski definition) is 10. The zero-order valence-corrected chi connectivity index (χ0v) is 34.6. The highest BCUT2D eigenvalue weighted by Crippen LogP contribution is 2.38. The van der Waals surface area contributed by atoms with Crippen molar-refractivity contribution in [2.24, 2.45) is 0 Å². The number of amides is 5. The van der Waals surface area contributed by atoms with Crippen molar-refractivity contribution in [1.82, 2.24) is 34.6 Å². The van der Waals surface area contributed by atoms with Crippen LogP contribution in [0, 0.1) is 5.82 Å². The lowest BCUT2D eigenvalue weighted by atomic mass is 9.98. The minimum absolute atomic E-state index is 0.0318. The van der Waals surface area contributed by atoms with E-state index in [1.54, 1.807) is 28.9 Å². The monoisotopic (exact) mass is 842 g/mol. The van der Waals surface area contributed by atoms with Crippen molar-refractivity contribution in [2.45, 2.75) is 63.8 Å². The number of carbonyl (C=O) groups excluding carboxylic acids is 4. The average Bonchev–Trinajstić information content (AvgIpc) is 4.10. The van der Waals surface area contributed by atoms with Crippen LogP contribution in [0.15, 0.2) is 78.6 Å². The van der Waals surface area contributed by atoms with E-state index in [1.165, 1.54) is 27.9 Å². The van der Waals surface area contributed by atoms with E-state index in [0.29, 0.717) is 35.4 Å². The van der Waals surface area contributed by atoms with Crippen molar-refractivity contribution in [3.63, 3.8) is 0 Å². The Kier molecular flexibility index (Phi) is 10.6. The molecule has 5 aromatic rings. The van der Waals surface area contributed by atoms with Gasteiger partial charge in [-0.2, -0.15) is 0 Å². The summed E-state index contributed by atoms with van der Waals surface area (Å²) in [6, 6.07) is 18.6. The van der Waals surface area contributed by atoms with Crippen LogP contribution in [0.3, 0.4) is 0 Å². The number of imide groups is 1. The summed E-state index contributed by atoms with van der Waals surface area (Å²) >= 11 is 1.29. The molecule has 3 aromatic carbocycles. The van der Waals surface area contributed by atoms with Gasteiger partial charge in [0.1, 0.15) is 5.82 Å². The number of imidazole rings is 1. The van der Waals surface area contributed by atoms with Crippen molar-refractivity contribution in [2.75, 3.05) is 60.9 Å². The van der Waals surface area contributed by atoms with E-state index >= 15 is 4.39 Å². The number of fused-ring (bicyclic) bond motifs is 2. The van der Waals surface area contributed by atoms with E-state index in [0.717, 1.165) is 101 Å². The maximum absolute atomic E-state index is 15.9. The molecule has 2 aromatic heterocycles. The first-order valence-corrected chi connectivity index (χ1v) is 22.0. The first kappa shape index (κ1) is 39.2. The van der Waals surface area contributed by atoms with Gasteiger partial charge in [-0.1, -0.05) is 24.3 Å². The quantitative estimate of drug-likeness (QED) is 0.183. The van der Waals surface area contributed by atoms with Gasteiger partial charge in [-0.05, 0) is 78.8 Å². The molecule has 61 heavy (non-hydrogen) atoms. The number of aryl methyl sites for hydroxylation is 1. The van der Waals surface area contributed by atoms with Gasteiger partial charge >= 0.3 is 6.03 Å². The molecule has 0 bridgehead atoms. The number of thiazole rings is 1. The van der Waals surface area contributed by atoms with Crippen LogP contribution in [0.5, 0.6) is 0 Å². The van der Waals surface area contributed by atoms with Gasteiger partial charge in [-0.15, -0.1) is 11.3 Å². The molecule has 0 radical (unpaired) electrons. The molecular formula is C45H47FN10O4S. The Hall–Kier alpha value is -5.97. The van der Waals surface area contributed by atoms with Crippen molar-refractivity contribution in [3.05, 3.63) is 112 Å². The average molecular weight is 843 g/mol. The molecule has 7 heterocycles. The molecule has 3 saturated heterocycles. The van der Waals surface area contributed by atoms with Crippen LogP contribution >= 0.6 is 11.3 Å². The summed E-state index contributed by atoms with van der Waals surface area (Å²) < 4.78 is 18.0. The van der Waals surface area contributed by atoms with Gasteiger partial charge in [0, 0.05) is 111 Å². The van der Waals surface area contributed by atoms with E-state index in [2.05, 4.69) is 59.6 Å². The van der Waals surface area contributed by atoms with Gasteiger partial charge in [0.2, 0.25) is 5.91 Å². The minimum atomic E-state index is -1.03. The molecule has 5 aliphatic heterocycles. The summed E-state index contributed by atoms with van der Waals surface area (Å²) in [6.07, 6.45) is 7.49. The first-order chi connectivity index (χ1) is 29.8. The maximum atomic E-state index is 15.9. The van der Waals surface area contributed by atoms with Gasteiger partial charge in [0.25, 0.3) is 11.8 Å². The predicted molar refractivity (Wildman–Crippen MR) is 230 cm³/mol. The molecule has 0 saturated carbocycles. The molecule has 2 N–H and O–H groups in total. The second kappa shape index (κ2) is 16.5. The van der Waals surface area contributed by atoms with E-state index < -0.39 is 23.7 Å². The summed E-state index contributed by atoms with van der Waals surface area (Å²) in [7, 11) is 0. The molecule has 5 amide bonds. The van der Waals surface area contributed by atoms with E-state index in [1.807, 2.05) is 28.8 Å². The molecule has 314 valence electrons. The molecule has 1 unspecified atom stereocenters. The Morgan fingerprint density at radius 2 is 1.64 bits per heavy atom. The molecule has 16 heteroatoms. The number of carbonyl (C=O) groups is 4. The van der Waals surface area contributed by atoms with Gasteiger partial charge in [-0.25, -0.2) is 19.2 Å². The van der Waals surface area contributed by atoms with Crippen LogP contribution in [-0.4, -0.2) is 105 Å². The highest BCUT2D eigenvalue weighted by molar-refractivity contribution is 7.13. The number of aromatic nitrogens is 3. The fourth-order valence-electron chi connectivity index (χ4n) is 9.66. The number of halogens is 1. The van der Waals surface area contributed by atoms with E-state index in [-0.39, 0.29) is 29.6 Å². The Morgan fingerprint density at radius 1 is 0.869 bits per heavy atom. The highest BCUT2D eigenvalue weighted by Gasteiger charge is 2.42. The second-order valence-corrected chi connectivity index (χ2v) is 17.4. The van der Waals surface area contributed by atoms with Gasteiger partial charge in [-0.3, -0.25) is 39.7 Å². The van der Waals surface area contributed by atoms with Crippen LogP contribution in [0.2, 0.25) is 0 Å². The van der Waals surface area contributed by atoms with Gasteiger partial charge in [0.15, 0.2) is 11.2 Å². The SMILES string of the molecule is O=C1CCN(c2ccc(CN3CCN(C4CCN(c5ccc(-c6cc(F)c7c(c6)C(=O)N(C(C(=O)Nc6nccs6)c6ncn8c6CCC8)C7)cc5)CC4)CC3)cc2)C(=O)N1. The molecule has 0 aliphatic carbocycles. The zero-order chi connectivity index (χ0) is 41.6. The third kappa shape index (κ3) is 7.79. The standard InChI is InChI=1S/C45H47FN10O4S/c46-37-25-31(24-35-36(37)27-56(43(35)59)41(42(58)50-44-47-14-23-61-44)40-38-2-1-15-54(38)28-48-40)30-5-9-32(10-6-30)52-16-11-33(12-17-52)53-21-19-51(20-22-53)26-29-3-7-34(8-4-29)55-18-13-39(57)49-45(55)60/h3-10,14,23-25,28,33,41H,1-2,11-13,15-22,26-27H2,(H,47,50,58)(H,49,57,60). The van der Waals surface area contributed by atoms with Gasteiger partial charge < -0.3 is 14.4 Å². The lowest BCUT2D eigenvalue weighted by Gasteiger charge is -2.43. The molecule has 1 atom stereocenters. The normalized spacial score (nSPS) is 19.3. The number of nitrogens with one attached hydrogen (secondary N) is 2.